The molecule has 0 aliphatic carbocycles. The molecule has 1 aliphatic rings. The van der Waals surface area contributed by atoms with E-state index in [4.69, 9.17) is 9.47 Å². The quantitative estimate of drug-likeness (QED) is 0.329. The van der Waals surface area contributed by atoms with Gasteiger partial charge >= 0.3 is 6.09 Å². The van der Waals surface area contributed by atoms with Crippen molar-refractivity contribution in [3.8, 4) is 0 Å². The fourth-order valence-corrected chi connectivity index (χ4v) is 3.62. The molecule has 0 saturated heterocycles. The summed E-state index contributed by atoms with van der Waals surface area (Å²) in [5.74, 6) is -0.191. The Kier molecular flexibility index (Phi) is 7.49. The van der Waals surface area contributed by atoms with Crippen LogP contribution in [0.2, 0.25) is 0 Å². The molecule has 0 radical (unpaired) electrons. The van der Waals surface area contributed by atoms with E-state index in [1.807, 2.05) is 0 Å². The second-order valence-electron chi connectivity index (χ2n) is 8.60. The zero-order chi connectivity index (χ0) is 24.5. The van der Waals surface area contributed by atoms with Crippen LogP contribution in [-0.4, -0.2) is 85.2 Å². The molecule has 12 nitrogen and oxygen atoms in total. The van der Waals surface area contributed by atoms with Gasteiger partial charge in [-0.1, -0.05) is 11.8 Å². The lowest BCUT2D eigenvalue weighted by atomic mass is 10.1. The van der Waals surface area contributed by atoms with Crippen molar-refractivity contribution in [3.63, 3.8) is 0 Å². The Morgan fingerprint density at radius 2 is 2.03 bits per heavy atom. The molecule has 0 spiro atoms. The van der Waals surface area contributed by atoms with E-state index in [2.05, 4.69) is 15.3 Å². The smallest absolute Gasteiger partial charge is 0.415 e. The molecule has 3 atom stereocenters. The zero-order valence-corrected chi connectivity index (χ0v) is 19.9. The highest BCUT2D eigenvalue weighted by molar-refractivity contribution is 7.98. The number of thioether (sulfide) groups is 1. The van der Waals surface area contributed by atoms with Crippen LogP contribution in [0.5, 0.6) is 0 Å². The number of nitrogens with zero attached hydrogens (tertiary/aromatic N) is 4. The first kappa shape index (κ1) is 25.2. The van der Waals surface area contributed by atoms with E-state index in [0.717, 1.165) is 0 Å². The molecule has 0 bridgehead atoms. The summed E-state index contributed by atoms with van der Waals surface area (Å²) in [7, 11) is 0. The molecule has 1 aliphatic heterocycles. The van der Waals surface area contributed by atoms with Gasteiger partial charge in [-0.15, -0.1) is 0 Å². The van der Waals surface area contributed by atoms with Crippen molar-refractivity contribution in [2.45, 2.75) is 63.5 Å². The monoisotopic (exact) mass is 483 g/mol. The van der Waals surface area contributed by atoms with Gasteiger partial charge < -0.3 is 34.7 Å². The van der Waals surface area contributed by atoms with Gasteiger partial charge in [0.15, 0.2) is 10.8 Å². The van der Waals surface area contributed by atoms with Crippen LogP contribution in [0.15, 0.2) is 11.4 Å². The van der Waals surface area contributed by atoms with Gasteiger partial charge in [-0.25, -0.2) is 14.8 Å². The van der Waals surface area contributed by atoms with Gasteiger partial charge in [0.2, 0.25) is 5.91 Å². The third-order valence-electron chi connectivity index (χ3n) is 4.81. The summed E-state index contributed by atoms with van der Waals surface area (Å²) in [5.41, 5.74) is -0.0585. The van der Waals surface area contributed by atoms with Crippen LogP contribution in [0.3, 0.4) is 0 Å². The maximum atomic E-state index is 12.9. The molecule has 3 rings (SSSR count). The Balaban J connectivity index is 2.07. The van der Waals surface area contributed by atoms with Crippen LogP contribution >= 0.6 is 11.8 Å². The number of ether oxygens (including phenoxy) is 2. The van der Waals surface area contributed by atoms with Gasteiger partial charge in [0.1, 0.15) is 36.9 Å². The molecule has 2 aromatic rings. The van der Waals surface area contributed by atoms with E-state index in [1.54, 1.807) is 37.8 Å². The number of hydrogen-bond acceptors (Lipinski definition) is 10. The minimum absolute atomic E-state index is 0.161. The minimum Gasteiger partial charge on any atom is -0.443 e. The summed E-state index contributed by atoms with van der Waals surface area (Å²) in [4.78, 5) is 35.5. The second kappa shape index (κ2) is 9.81. The van der Waals surface area contributed by atoms with E-state index in [0.29, 0.717) is 21.9 Å². The second-order valence-corrected chi connectivity index (χ2v) is 9.38. The molecular weight excluding hydrogens is 454 g/mol. The molecule has 33 heavy (non-hydrogen) atoms. The van der Waals surface area contributed by atoms with Crippen molar-refractivity contribution in [2.24, 2.45) is 0 Å². The lowest BCUT2D eigenvalue weighted by molar-refractivity contribution is -0.119. The van der Waals surface area contributed by atoms with Crippen molar-refractivity contribution in [2.75, 3.05) is 29.6 Å². The molecule has 0 saturated carbocycles. The zero-order valence-electron chi connectivity index (χ0n) is 19.1. The van der Waals surface area contributed by atoms with Crippen LogP contribution in [0.1, 0.15) is 27.7 Å². The van der Waals surface area contributed by atoms with Crippen LogP contribution in [0.25, 0.3) is 11.0 Å². The number of nitrogens with one attached hydrogen (secondary N) is 1. The van der Waals surface area contributed by atoms with Gasteiger partial charge in [-0.05, 0) is 34.0 Å². The summed E-state index contributed by atoms with van der Waals surface area (Å²) >= 11 is 1.27. The van der Waals surface area contributed by atoms with E-state index in [1.165, 1.54) is 23.6 Å². The van der Waals surface area contributed by atoms with Crippen LogP contribution in [-0.2, 0) is 21.0 Å². The number of aromatic nitrogens is 3. The number of amides is 2. The Hall–Kier alpha value is -2.45. The van der Waals surface area contributed by atoms with Crippen molar-refractivity contribution in [3.05, 3.63) is 6.20 Å². The predicted octanol–water partition coefficient (Wildman–Crippen LogP) is 0.923. The number of carbonyl (C=O) groups excluding carboxylic acids is 2. The molecule has 0 aromatic carbocycles. The standard InChI is InChI=1S/C20H29N5O7S/c1-10(27)15(29)12(8-26)31-9-24-6-11-14-16(22-18(33-5)23-17(14)24)21-13(28)7-25(11)19(30)32-20(2,3)4/h6,10,12,15,26-27,29H,7-9H2,1-5H3,(H,21,22,23,28)/t10-,12+,15-/m0/s1. The van der Waals surface area contributed by atoms with E-state index < -0.39 is 42.5 Å². The molecular formula is C20H29N5O7S. The third kappa shape index (κ3) is 5.55. The van der Waals surface area contributed by atoms with Crippen LogP contribution in [0.4, 0.5) is 16.3 Å². The summed E-state index contributed by atoms with van der Waals surface area (Å²) in [6, 6.07) is 0. The number of hydrogen-bond donors (Lipinski definition) is 4. The molecule has 2 amide bonds. The Bertz CT molecular complexity index is 1040. The SMILES string of the molecule is CSc1nc2c3c(cn(CO[C@H](CO)[C@@H](O)[C@H](C)O)c3n1)N(C(=O)OC(C)(C)C)CC(=O)N2. The molecule has 4 N–H and O–H groups in total. The minimum atomic E-state index is -1.31. The maximum absolute atomic E-state index is 12.9. The fourth-order valence-electron chi connectivity index (χ4n) is 3.26. The van der Waals surface area contributed by atoms with Gasteiger partial charge in [-0.3, -0.25) is 9.69 Å². The van der Waals surface area contributed by atoms with Gasteiger partial charge in [0.25, 0.3) is 0 Å². The Labute approximate surface area is 194 Å². The number of aliphatic hydroxyl groups is 3. The number of aliphatic hydroxyl groups excluding tert-OH is 3. The summed E-state index contributed by atoms with van der Waals surface area (Å²) in [6.45, 7) is 5.59. The Morgan fingerprint density at radius 1 is 1.33 bits per heavy atom. The topological polar surface area (TPSA) is 159 Å². The Morgan fingerprint density at radius 3 is 2.61 bits per heavy atom. The van der Waals surface area contributed by atoms with Crippen molar-refractivity contribution < 1.29 is 34.4 Å². The van der Waals surface area contributed by atoms with Crippen molar-refractivity contribution >= 4 is 46.3 Å². The maximum Gasteiger partial charge on any atom is 0.415 e. The number of carbonyl (C=O) groups is 2. The largest absolute Gasteiger partial charge is 0.443 e. The highest BCUT2D eigenvalue weighted by Crippen LogP contribution is 2.37. The van der Waals surface area contributed by atoms with E-state index in [-0.39, 0.29) is 19.1 Å². The van der Waals surface area contributed by atoms with Crippen LogP contribution in [0, 0.1) is 0 Å². The van der Waals surface area contributed by atoms with Crippen molar-refractivity contribution in [1.29, 1.82) is 0 Å². The summed E-state index contributed by atoms with van der Waals surface area (Å²) in [5, 5.41) is 32.8. The van der Waals surface area contributed by atoms with Crippen molar-refractivity contribution in [1.82, 2.24) is 14.5 Å². The summed E-state index contributed by atoms with van der Waals surface area (Å²) in [6.07, 6.45) is -0.830. The number of anilines is 2. The molecule has 0 unspecified atom stereocenters. The average molecular weight is 484 g/mol. The normalized spacial score (nSPS) is 16.8. The molecule has 13 heteroatoms. The van der Waals surface area contributed by atoms with Gasteiger partial charge in [-0.2, -0.15) is 0 Å². The number of rotatable bonds is 7. The molecule has 2 aromatic heterocycles. The van der Waals surface area contributed by atoms with E-state index in [9.17, 15) is 24.9 Å². The average Bonchev–Trinajstić information content (AvgIpc) is 3.01. The fraction of sp³-hybridized carbons (Fsp3) is 0.600. The first-order valence-electron chi connectivity index (χ1n) is 10.3. The third-order valence-corrected chi connectivity index (χ3v) is 5.35. The molecule has 182 valence electrons. The van der Waals surface area contributed by atoms with Gasteiger partial charge in [0.05, 0.1) is 23.8 Å². The molecule has 0 fully saturated rings. The highest BCUT2D eigenvalue weighted by Gasteiger charge is 2.33. The van der Waals surface area contributed by atoms with Gasteiger partial charge in [0, 0.05) is 6.20 Å². The van der Waals surface area contributed by atoms with E-state index >= 15 is 0 Å². The molecule has 3 heterocycles. The predicted molar refractivity (Wildman–Crippen MR) is 121 cm³/mol. The lowest BCUT2D eigenvalue weighted by Gasteiger charge is -2.25. The first-order chi connectivity index (χ1) is 15.4. The first-order valence-corrected chi connectivity index (χ1v) is 11.5. The lowest BCUT2D eigenvalue weighted by Crippen LogP contribution is -2.40. The van der Waals surface area contributed by atoms with Crippen LogP contribution < -0.4 is 10.2 Å². The summed E-state index contributed by atoms with van der Waals surface area (Å²) < 4.78 is 12.7. The highest BCUT2D eigenvalue weighted by atomic mass is 32.2.